The minimum Gasteiger partial charge on any atom is -0.442 e. The van der Waals surface area contributed by atoms with Gasteiger partial charge in [-0.25, -0.2) is 4.98 Å². The molecule has 0 saturated carbocycles. The first-order chi connectivity index (χ1) is 10.3. The van der Waals surface area contributed by atoms with Crippen LogP contribution in [0.3, 0.4) is 0 Å². The average molecular weight is 306 g/mol. The van der Waals surface area contributed by atoms with Crippen LogP contribution in [0.1, 0.15) is 36.2 Å². The van der Waals surface area contributed by atoms with E-state index in [1.54, 1.807) is 0 Å². The highest BCUT2D eigenvalue weighted by Gasteiger charge is 2.32. The number of aromatic nitrogens is 1. The predicted molar refractivity (Wildman–Crippen MR) is 80.2 cm³/mol. The van der Waals surface area contributed by atoms with Crippen LogP contribution in [0.25, 0.3) is 10.6 Å². The standard InChI is InChI=1S/C15H18N2O3S/c18-8-2-5-11-4-1-7-17(11)15(19)13-14(20-10-16-13)12-6-3-9-21-12/h3,6,9-11,18H,1-2,4-5,7-8H2. The maximum absolute atomic E-state index is 12.7. The van der Waals surface area contributed by atoms with E-state index >= 15 is 0 Å². The third kappa shape index (κ3) is 2.87. The summed E-state index contributed by atoms with van der Waals surface area (Å²) >= 11 is 1.53. The van der Waals surface area contributed by atoms with E-state index in [9.17, 15) is 4.79 Å². The molecule has 0 bridgehead atoms. The summed E-state index contributed by atoms with van der Waals surface area (Å²) in [5.41, 5.74) is 0.397. The van der Waals surface area contributed by atoms with Crippen LogP contribution in [0.4, 0.5) is 0 Å². The Morgan fingerprint density at radius 3 is 3.24 bits per heavy atom. The van der Waals surface area contributed by atoms with Crippen LogP contribution in [0.15, 0.2) is 28.3 Å². The summed E-state index contributed by atoms with van der Waals surface area (Å²) in [6.07, 6.45) is 4.91. The number of oxazole rings is 1. The first-order valence-corrected chi connectivity index (χ1v) is 8.08. The summed E-state index contributed by atoms with van der Waals surface area (Å²) < 4.78 is 5.42. The smallest absolute Gasteiger partial charge is 0.276 e. The van der Waals surface area contributed by atoms with E-state index in [-0.39, 0.29) is 18.6 Å². The van der Waals surface area contributed by atoms with Gasteiger partial charge in [-0.1, -0.05) is 6.07 Å². The van der Waals surface area contributed by atoms with Gasteiger partial charge in [0, 0.05) is 19.2 Å². The number of carbonyl (C=O) groups is 1. The topological polar surface area (TPSA) is 66.6 Å². The van der Waals surface area contributed by atoms with Crippen LogP contribution in [-0.2, 0) is 0 Å². The van der Waals surface area contributed by atoms with Crippen molar-refractivity contribution in [3.8, 4) is 10.6 Å². The summed E-state index contributed by atoms with van der Waals surface area (Å²) in [6, 6.07) is 4.06. The van der Waals surface area contributed by atoms with Gasteiger partial charge in [-0.05, 0) is 37.1 Å². The van der Waals surface area contributed by atoms with E-state index in [0.29, 0.717) is 11.5 Å². The van der Waals surface area contributed by atoms with E-state index in [4.69, 9.17) is 9.52 Å². The number of aliphatic hydroxyl groups excluding tert-OH is 1. The molecule has 1 aliphatic rings. The molecule has 0 aromatic carbocycles. The molecule has 3 rings (SSSR count). The number of likely N-dealkylation sites (tertiary alicyclic amines) is 1. The predicted octanol–water partition coefficient (Wildman–Crippen LogP) is 2.78. The van der Waals surface area contributed by atoms with E-state index in [1.165, 1.54) is 17.7 Å². The van der Waals surface area contributed by atoms with Gasteiger partial charge in [0.25, 0.3) is 5.91 Å². The third-order valence-corrected chi connectivity index (χ3v) is 4.72. The van der Waals surface area contributed by atoms with Crippen molar-refractivity contribution in [1.29, 1.82) is 0 Å². The monoisotopic (exact) mass is 306 g/mol. The number of hydrogen-bond acceptors (Lipinski definition) is 5. The Morgan fingerprint density at radius 2 is 2.48 bits per heavy atom. The summed E-state index contributed by atoms with van der Waals surface area (Å²) in [5.74, 6) is 0.496. The highest BCUT2D eigenvalue weighted by atomic mass is 32.1. The van der Waals surface area contributed by atoms with Gasteiger partial charge >= 0.3 is 0 Å². The Kier molecular flexibility index (Phi) is 4.36. The second-order valence-corrected chi connectivity index (χ2v) is 6.12. The Labute approximate surface area is 127 Å². The lowest BCUT2D eigenvalue weighted by molar-refractivity contribution is 0.0719. The fraction of sp³-hybridized carbons (Fsp3) is 0.467. The Hall–Kier alpha value is -1.66. The zero-order chi connectivity index (χ0) is 14.7. The molecule has 1 saturated heterocycles. The van der Waals surface area contributed by atoms with Crippen molar-refractivity contribution in [2.24, 2.45) is 0 Å². The van der Waals surface area contributed by atoms with Gasteiger partial charge in [0.05, 0.1) is 4.88 Å². The second kappa shape index (κ2) is 6.41. The minimum absolute atomic E-state index is 0.0624. The molecule has 2 aromatic heterocycles. The largest absolute Gasteiger partial charge is 0.442 e. The quantitative estimate of drug-likeness (QED) is 0.922. The van der Waals surface area contributed by atoms with Crippen LogP contribution >= 0.6 is 11.3 Å². The van der Waals surface area contributed by atoms with Gasteiger partial charge in [0.15, 0.2) is 17.8 Å². The highest BCUT2D eigenvalue weighted by Crippen LogP contribution is 2.30. The molecule has 6 heteroatoms. The van der Waals surface area contributed by atoms with E-state index in [0.717, 1.165) is 37.1 Å². The van der Waals surface area contributed by atoms with E-state index < -0.39 is 0 Å². The molecule has 21 heavy (non-hydrogen) atoms. The van der Waals surface area contributed by atoms with Gasteiger partial charge < -0.3 is 14.4 Å². The first-order valence-electron chi connectivity index (χ1n) is 7.20. The van der Waals surface area contributed by atoms with Crippen molar-refractivity contribution >= 4 is 17.2 Å². The number of nitrogens with zero attached hydrogens (tertiary/aromatic N) is 2. The first kappa shape index (κ1) is 14.3. The van der Waals surface area contributed by atoms with Crippen LogP contribution in [0.2, 0.25) is 0 Å². The molecule has 112 valence electrons. The zero-order valence-electron chi connectivity index (χ0n) is 11.7. The minimum atomic E-state index is -0.0624. The molecular formula is C15H18N2O3S. The van der Waals surface area contributed by atoms with Crippen molar-refractivity contribution in [1.82, 2.24) is 9.88 Å². The lowest BCUT2D eigenvalue weighted by Crippen LogP contribution is -2.36. The molecule has 1 fully saturated rings. The molecule has 1 amide bonds. The third-order valence-electron chi connectivity index (χ3n) is 3.85. The van der Waals surface area contributed by atoms with Gasteiger partial charge in [0.1, 0.15) is 0 Å². The summed E-state index contributed by atoms with van der Waals surface area (Å²) in [5, 5.41) is 10.9. The summed E-state index contributed by atoms with van der Waals surface area (Å²) in [6.45, 7) is 0.925. The van der Waals surface area contributed by atoms with Crippen LogP contribution in [0.5, 0.6) is 0 Å². The van der Waals surface area contributed by atoms with Crippen molar-refractivity contribution in [3.05, 3.63) is 29.6 Å². The SMILES string of the molecule is O=C(c1ncoc1-c1cccs1)N1CCCC1CCCO. The lowest BCUT2D eigenvalue weighted by Gasteiger charge is -2.23. The fourth-order valence-electron chi connectivity index (χ4n) is 2.85. The van der Waals surface area contributed by atoms with Crippen molar-refractivity contribution < 1.29 is 14.3 Å². The molecule has 0 radical (unpaired) electrons. The summed E-state index contributed by atoms with van der Waals surface area (Å²) in [4.78, 5) is 19.7. The highest BCUT2D eigenvalue weighted by molar-refractivity contribution is 7.13. The second-order valence-electron chi connectivity index (χ2n) is 5.17. The molecular weight excluding hydrogens is 288 g/mol. The number of hydrogen-bond donors (Lipinski definition) is 1. The molecule has 0 spiro atoms. The van der Waals surface area contributed by atoms with Gasteiger partial charge in [-0.15, -0.1) is 11.3 Å². The Balaban J connectivity index is 1.81. The maximum atomic E-state index is 12.7. The molecule has 1 atom stereocenters. The van der Waals surface area contributed by atoms with Crippen molar-refractivity contribution in [2.45, 2.75) is 31.7 Å². The molecule has 1 aliphatic heterocycles. The zero-order valence-corrected chi connectivity index (χ0v) is 12.5. The summed E-state index contributed by atoms with van der Waals surface area (Å²) in [7, 11) is 0. The number of aliphatic hydroxyl groups is 1. The van der Waals surface area contributed by atoms with Gasteiger partial charge in [0.2, 0.25) is 0 Å². The molecule has 1 unspecified atom stereocenters. The van der Waals surface area contributed by atoms with Crippen molar-refractivity contribution in [2.75, 3.05) is 13.2 Å². The molecule has 3 heterocycles. The molecule has 5 nitrogen and oxygen atoms in total. The Morgan fingerprint density at radius 1 is 1.57 bits per heavy atom. The molecule has 1 N–H and O–H groups in total. The fourth-order valence-corrected chi connectivity index (χ4v) is 3.56. The molecule has 0 aliphatic carbocycles. The number of thiophene rings is 1. The average Bonchev–Trinajstić information content (AvgIpc) is 3.23. The van der Waals surface area contributed by atoms with E-state index in [1.807, 2.05) is 22.4 Å². The molecule has 2 aromatic rings. The van der Waals surface area contributed by atoms with Gasteiger partial charge in [-0.2, -0.15) is 0 Å². The normalized spacial score (nSPS) is 18.3. The van der Waals surface area contributed by atoms with Crippen LogP contribution in [0, 0.1) is 0 Å². The maximum Gasteiger partial charge on any atom is 0.276 e. The Bertz CT molecular complexity index is 594. The van der Waals surface area contributed by atoms with Crippen molar-refractivity contribution in [3.63, 3.8) is 0 Å². The van der Waals surface area contributed by atoms with Crippen LogP contribution in [-0.4, -0.2) is 40.1 Å². The number of carbonyl (C=O) groups excluding carboxylic acids is 1. The number of amides is 1. The van der Waals surface area contributed by atoms with Gasteiger partial charge in [-0.3, -0.25) is 4.79 Å². The lowest BCUT2D eigenvalue weighted by atomic mass is 10.1. The van der Waals surface area contributed by atoms with Crippen LogP contribution < -0.4 is 0 Å². The van der Waals surface area contributed by atoms with E-state index in [2.05, 4.69) is 4.98 Å². The number of rotatable bonds is 5.